The van der Waals surface area contributed by atoms with E-state index in [0.29, 0.717) is 38.8 Å². The molecule has 0 amide bonds. The van der Waals surface area contributed by atoms with Gasteiger partial charge in [-0.3, -0.25) is 4.79 Å². The third-order valence-electron chi connectivity index (χ3n) is 6.67. The second kappa shape index (κ2) is 10.6. The van der Waals surface area contributed by atoms with E-state index in [1.54, 1.807) is 4.31 Å². The molecule has 0 aromatic heterocycles. The lowest BCUT2D eigenvalue weighted by Gasteiger charge is -2.38. The highest BCUT2D eigenvalue weighted by Crippen LogP contribution is 2.36. The number of hydrogen-bond donors (Lipinski definition) is 0. The van der Waals surface area contributed by atoms with Crippen molar-refractivity contribution in [1.29, 1.82) is 0 Å². The summed E-state index contributed by atoms with van der Waals surface area (Å²) < 4.78 is 38.2. The summed E-state index contributed by atoms with van der Waals surface area (Å²) in [5, 5.41) is 0.0844. The van der Waals surface area contributed by atoms with Crippen molar-refractivity contribution in [3.05, 3.63) is 35.9 Å². The molecule has 0 N–H and O–H groups in total. The molecule has 1 aliphatic carbocycles. The molecular formula is C23H39NO5SSi. The summed E-state index contributed by atoms with van der Waals surface area (Å²) in [7, 11) is -5.28. The summed E-state index contributed by atoms with van der Waals surface area (Å²) in [5.74, 6) is -0.348. The van der Waals surface area contributed by atoms with Crippen molar-refractivity contribution in [2.24, 2.45) is 5.92 Å². The predicted octanol–water partition coefficient (Wildman–Crippen LogP) is 4.57. The topological polar surface area (TPSA) is 72.9 Å². The van der Waals surface area contributed by atoms with Gasteiger partial charge in [-0.1, -0.05) is 51.1 Å². The fourth-order valence-electron chi connectivity index (χ4n) is 3.67. The molecule has 6 nitrogen and oxygen atoms in total. The quantitative estimate of drug-likeness (QED) is 0.391. The van der Waals surface area contributed by atoms with E-state index in [1.807, 2.05) is 30.3 Å². The first kappa shape index (κ1) is 26.0. The van der Waals surface area contributed by atoms with Gasteiger partial charge in [0.2, 0.25) is 10.0 Å². The summed E-state index contributed by atoms with van der Waals surface area (Å²) in [6.45, 7) is 11.9. The standard InChI is InChI=1S/C23H39NO5SSi/c1-23(2,3)31(5,6)29-17-16-24(30(4,26)27)21-14-12-20(13-15-21)22(25)28-18-19-10-8-7-9-11-19/h7-11,20-21H,12-18H2,1-6H3. The first-order valence-corrected chi connectivity index (χ1v) is 15.9. The Labute approximate surface area is 189 Å². The van der Waals surface area contributed by atoms with Crippen LogP contribution >= 0.6 is 0 Å². The average molecular weight is 470 g/mol. The molecule has 31 heavy (non-hydrogen) atoms. The molecule has 0 spiro atoms. The van der Waals surface area contributed by atoms with Crippen LogP contribution in [-0.2, 0) is 30.6 Å². The number of hydrogen-bond acceptors (Lipinski definition) is 5. The van der Waals surface area contributed by atoms with Gasteiger partial charge in [0.1, 0.15) is 6.61 Å². The molecule has 0 atom stereocenters. The molecule has 0 aliphatic heterocycles. The Balaban J connectivity index is 1.87. The number of rotatable bonds is 9. The number of sulfonamides is 1. The summed E-state index contributed by atoms with van der Waals surface area (Å²) in [6.07, 6.45) is 3.89. The minimum atomic E-state index is -3.35. The van der Waals surface area contributed by atoms with E-state index in [-0.39, 0.29) is 29.6 Å². The fraction of sp³-hybridized carbons (Fsp3) is 0.696. The number of nitrogens with zero attached hydrogens (tertiary/aromatic N) is 1. The zero-order valence-corrected chi connectivity index (χ0v) is 21.7. The molecule has 8 heteroatoms. The van der Waals surface area contributed by atoms with Gasteiger partial charge < -0.3 is 9.16 Å². The molecule has 1 fully saturated rings. The lowest BCUT2D eigenvalue weighted by Crippen LogP contribution is -2.47. The highest BCUT2D eigenvalue weighted by atomic mass is 32.2. The molecular weight excluding hydrogens is 430 g/mol. The van der Waals surface area contributed by atoms with Gasteiger partial charge >= 0.3 is 5.97 Å². The SMILES string of the molecule is CC(C)(C)[Si](C)(C)OCCN(C1CCC(C(=O)OCc2ccccc2)CC1)S(C)(=O)=O. The van der Waals surface area contributed by atoms with Crippen LogP contribution in [0.1, 0.15) is 52.0 Å². The van der Waals surface area contributed by atoms with Crippen LogP contribution in [-0.4, -0.2) is 52.5 Å². The van der Waals surface area contributed by atoms with Crippen LogP contribution in [0, 0.1) is 5.92 Å². The van der Waals surface area contributed by atoms with Crippen LogP contribution in [0.4, 0.5) is 0 Å². The normalized spacial score (nSPS) is 20.6. The van der Waals surface area contributed by atoms with Crippen molar-refractivity contribution in [3.63, 3.8) is 0 Å². The first-order valence-electron chi connectivity index (χ1n) is 11.1. The van der Waals surface area contributed by atoms with Gasteiger partial charge in [0.15, 0.2) is 8.32 Å². The Kier molecular flexibility index (Phi) is 8.90. The molecule has 0 saturated heterocycles. The molecule has 176 valence electrons. The second-order valence-electron chi connectivity index (χ2n) is 10.1. The summed E-state index contributed by atoms with van der Waals surface area (Å²) in [4.78, 5) is 12.5. The van der Waals surface area contributed by atoms with E-state index in [1.165, 1.54) is 6.26 Å². The lowest BCUT2D eigenvalue weighted by molar-refractivity contribution is -0.151. The second-order valence-corrected chi connectivity index (χ2v) is 16.8. The molecule has 1 aromatic carbocycles. The lowest BCUT2D eigenvalue weighted by atomic mass is 9.86. The maximum atomic E-state index is 12.5. The van der Waals surface area contributed by atoms with Crippen LogP contribution < -0.4 is 0 Å². The highest BCUT2D eigenvalue weighted by Gasteiger charge is 2.38. The molecule has 2 rings (SSSR count). The van der Waals surface area contributed by atoms with Crippen molar-refractivity contribution >= 4 is 24.3 Å². The van der Waals surface area contributed by atoms with E-state index >= 15 is 0 Å². The van der Waals surface area contributed by atoms with Crippen molar-refractivity contribution in [1.82, 2.24) is 4.31 Å². The van der Waals surface area contributed by atoms with Crippen molar-refractivity contribution in [3.8, 4) is 0 Å². The van der Waals surface area contributed by atoms with E-state index in [9.17, 15) is 13.2 Å². The largest absolute Gasteiger partial charge is 0.461 e. The first-order chi connectivity index (χ1) is 14.3. The van der Waals surface area contributed by atoms with Crippen LogP contribution in [0.25, 0.3) is 0 Å². The van der Waals surface area contributed by atoms with Gasteiger partial charge in [-0.25, -0.2) is 8.42 Å². The van der Waals surface area contributed by atoms with Crippen LogP contribution in [0.15, 0.2) is 30.3 Å². The minimum absolute atomic E-state index is 0.0844. The van der Waals surface area contributed by atoms with E-state index in [0.717, 1.165) is 5.56 Å². The Bertz CT molecular complexity index is 812. The molecule has 1 aromatic rings. The van der Waals surface area contributed by atoms with Crippen LogP contribution in [0.5, 0.6) is 0 Å². The van der Waals surface area contributed by atoms with Crippen LogP contribution in [0.3, 0.4) is 0 Å². The fourth-order valence-corrected chi connectivity index (χ4v) is 5.87. The Hall–Kier alpha value is -1.22. The third kappa shape index (κ3) is 7.70. The molecule has 0 bridgehead atoms. The van der Waals surface area contributed by atoms with E-state index < -0.39 is 18.3 Å². The number of benzene rings is 1. The number of esters is 1. The van der Waals surface area contributed by atoms with Crippen molar-refractivity contribution in [2.75, 3.05) is 19.4 Å². The molecule has 0 unspecified atom stereocenters. The van der Waals surface area contributed by atoms with E-state index in [2.05, 4.69) is 33.9 Å². The van der Waals surface area contributed by atoms with Gasteiger partial charge in [0.25, 0.3) is 0 Å². The van der Waals surface area contributed by atoms with Gasteiger partial charge in [-0.15, -0.1) is 0 Å². The Morgan fingerprint density at radius 3 is 2.19 bits per heavy atom. The van der Waals surface area contributed by atoms with Crippen LogP contribution in [0.2, 0.25) is 18.1 Å². The maximum Gasteiger partial charge on any atom is 0.309 e. The number of ether oxygens (including phenoxy) is 1. The Morgan fingerprint density at radius 1 is 1.10 bits per heavy atom. The number of carbonyl (C=O) groups is 1. The van der Waals surface area contributed by atoms with E-state index in [4.69, 9.17) is 9.16 Å². The highest BCUT2D eigenvalue weighted by molar-refractivity contribution is 7.88. The van der Waals surface area contributed by atoms with Gasteiger partial charge in [-0.05, 0) is 49.4 Å². The van der Waals surface area contributed by atoms with Gasteiger partial charge in [0, 0.05) is 19.2 Å². The summed E-state index contributed by atoms with van der Waals surface area (Å²) in [5.41, 5.74) is 0.967. The maximum absolute atomic E-state index is 12.5. The molecule has 0 heterocycles. The minimum Gasteiger partial charge on any atom is -0.461 e. The van der Waals surface area contributed by atoms with Crippen molar-refractivity contribution < 1.29 is 22.4 Å². The molecule has 0 radical (unpaired) electrons. The smallest absolute Gasteiger partial charge is 0.309 e. The molecule has 1 saturated carbocycles. The average Bonchev–Trinajstić information content (AvgIpc) is 2.68. The van der Waals surface area contributed by atoms with Gasteiger partial charge in [-0.2, -0.15) is 4.31 Å². The monoisotopic (exact) mass is 469 g/mol. The third-order valence-corrected chi connectivity index (χ3v) is 12.5. The molecule has 1 aliphatic rings. The number of carbonyl (C=O) groups excluding carboxylic acids is 1. The Morgan fingerprint density at radius 2 is 1.68 bits per heavy atom. The zero-order chi connectivity index (χ0) is 23.3. The zero-order valence-electron chi connectivity index (χ0n) is 19.9. The van der Waals surface area contributed by atoms with Crippen molar-refractivity contribution in [2.45, 2.75) is 77.2 Å². The summed E-state index contributed by atoms with van der Waals surface area (Å²) >= 11 is 0. The summed E-state index contributed by atoms with van der Waals surface area (Å²) in [6, 6.07) is 9.54. The predicted molar refractivity (Wildman–Crippen MR) is 127 cm³/mol. The van der Waals surface area contributed by atoms with Gasteiger partial charge in [0.05, 0.1) is 12.2 Å².